The van der Waals surface area contributed by atoms with Crippen molar-refractivity contribution in [1.29, 1.82) is 0 Å². The average molecular weight is 325 g/mol. The molecule has 0 aliphatic carbocycles. The Morgan fingerprint density at radius 1 is 1.42 bits per heavy atom. The lowest BCUT2D eigenvalue weighted by atomic mass is 10.2. The maximum Gasteiger partial charge on any atom is 0.338 e. The Hall–Kier alpha value is -1.95. The Kier molecular flexibility index (Phi) is 4.11. The molecule has 0 aliphatic heterocycles. The van der Waals surface area contributed by atoms with Crippen molar-refractivity contribution in [3.8, 4) is 0 Å². The number of carboxylic acids is 1. The molecule has 0 fully saturated rings. The van der Waals surface area contributed by atoms with Gasteiger partial charge in [-0.05, 0) is 23.8 Å². The smallest absolute Gasteiger partial charge is 0.338 e. The molecule has 2 rings (SSSR count). The molecule has 0 saturated carbocycles. The summed E-state index contributed by atoms with van der Waals surface area (Å²) in [7, 11) is 0. The molecular formula is C13H10BrFN2O2. The van der Waals surface area contributed by atoms with E-state index in [-0.39, 0.29) is 5.82 Å². The van der Waals surface area contributed by atoms with Crippen molar-refractivity contribution in [3.63, 3.8) is 0 Å². The minimum absolute atomic E-state index is 0.0696. The number of hydrogen-bond acceptors (Lipinski definition) is 3. The van der Waals surface area contributed by atoms with Crippen molar-refractivity contribution in [1.82, 2.24) is 4.98 Å². The van der Waals surface area contributed by atoms with Crippen molar-refractivity contribution in [2.75, 3.05) is 5.32 Å². The molecule has 0 radical (unpaired) electrons. The molecule has 0 unspecified atom stereocenters. The third kappa shape index (κ3) is 3.29. The van der Waals surface area contributed by atoms with Gasteiger partial charge < -0.3 is 10.4 Å². The van der Waals surface area contributed by atoms with Crippen LogP contribution in [0.3, 0.4) is 0 Å². The Balaban J connectivity index is 2.16. The lowest BCUT2D eigenvalue weighted by Gasteiger charge is -2.08. The summed E-state index contributed by atoms with van der Waals surface area (Å²) in [5, 5.41) is 11.6. The van der Waals surface area contributed by atoms with Gasteiger partial charge in [0, 0.05) is 17.2 Å². The fourth-order valence-corrected chi connectivity index (χ4v) is 2.01. The average Bonchev–Trinajstić information content (AvgIpc) is 2.37. The van der Waals surface area contributed by atoms with Crippen LogP contribution in [0, 0.1) is 5.82 Å². The van der Waals surface area contributed by atoms with Crippen LogP contribution in [0.1, 0.15) is 15.9 Å². The van der Waals surface area contributed by atoms with Crippen LogP contribution in [0.25, 0.3) is 0 Å². The van der Waals surface area contributed by atoms with Crippen molar-refractivity contribution in [2.24, 2.45) is 0 Å². The summed E-state index contributed by atoms with van der Waals surface area (Å²) in [6.45, 7) is 0.354. The van der Waals surface area contributed by atoms with Gasteiger partial charge in [0.2, 0.25) is 0 Å². The van der Waals surface area contributed by atoms with Crippen LogP contribution in [-0.2, 0) is 6.54 Å². The second-order valence-electron chi connectivity index (χ2n) is 3.81. The van der Waals surface area contributed by atoms with E-state index in [2.05, 4.69) is 26.2 Å². The molecule has 1 aromatic heterocycles. The number of pyridine rings is 1. The number of nitrogens with one attached hydrogen (secondary N) is 1. The van der Waals surface area contributed by atoms with Crippen LogP contribution in [0.15, 0.2) is 41.0 Å². The summed E-state index contributed by atoms with van der Waals surface area (Å²) in [6, 6.07) is 8.62. The number of aromatic nitrogens is 1. The van der Waals surface area contributed by atoms with Gasteiger partial charge in [-0.15, -0.1) is 0 Å². The highest BCUT2D eigenvalue weighted by atomic mass is 79.9. The first-order chi connectivity index (χ1) is 9.08. The zero-order valence-corrected chi connectivity index (χ0v) is 11.3. The van der Waals surface area contributed by atoms with E-state index >= 15 is 0 Å². The van der Waals surface area contributed by atoms with E-state index in [4.69, 9.17) is 5.11 Å². The van der Waals surface area contributed by atoms with Crippen LogP contribution in [0.2, 0.25) is 0 Å². The Morgan fingerprint density at radius 3 is 2.89 bits per heavy atom. The minimum Gasteiger partial charge on any atom is -0.478 e. The number of carboxylic acid groups (broad SMARTS) is 1. The van der Waals surface area contributed by atoms with Crippen molar-refractivity contribution >= 4 is 27.7 Å². The molecular weight excluding hydrogens is 315 g/mol. The van der Waals surface area contributed by atoms with Gasteiger partial charge in [-0.2, -0.15) is 0 Å². The molecule has 6 heteroatoms. The zero-order chi connectivity index (χ0) is 13.8. The van der Waals surface area contributed by atoms with Crippen molar-refractivity contribution in [2.45, 2.75) is 6.54 Å². The van der Waals surface area contributed by atoms with Crippen molar-refractivity contribution in [3.05, 3.63) is 57.9 Å². The van der Waals surface area contributed by atoms with Gasteiger partial charge in [0.25, 0.3) is 0 Å². The molecule has 1 heterocycles. The number of nitrogens with zero attached hydrogens (tertiary/aromatic N) is 1. The van der Waals surface area contributed by atoms with E-state index in [1.165, 1.54) is 6.20 Å². The Labute approximate surface area is 117 Å². The largest absolute Gasteiger partial charge is 0.478 e. The summed E-state index contributed by atoms with van der Waals surface area (Å²) in [6.07, 6.45) is 1.26. The molecule has 2 N–H and O–H groups in total. The highest BCUT2D eigenvalue weighted by Gasteiger charge is 2.14. The first-order valence-electron chi connectivity index (χ1n) is 5.44. The molecule has 0 spiro atoms. The number of halogens is 2. The Morgan fingerprint density at radius 2 is 2.21 bits per heavy atom. The number of benzene rings is 1. The molecule has 1 aromatic carbocycles. The number of anilines is 1. The molecule has 0 bridgehead atoms. The van der Waals surface area contributed by atoms with Gasteiger partial charge in [-0.3, -0.25) is 0 Å². The van der Waals surface area contributed by atoms with Gasteiger partial charge >= 0.3 is 5.97 Å². The maximum absolute atomic E-state index is 13.8. The molecule has 4 nitrogen and oxygen atoms in total. The third-order valence-corrected chi connectivity index (χ3v) is 2.96. The topological polar surface area (TPSA) is 62.2 Å². The molecule has 0 atom stereocenters. The van der Waals surface area contributed by atoms with Crippen LogP contribution >= 0.6 is 15.9 Å². The van der Waals surface area contributed by atoms with E-state index in [0.717, 1.165) is 16.1 Å². The fourth-order valence-electron chi connectivity index (χ4n) is 1.56. The van der Waals surface area contributed by atoms with Crippen LogP contribution in [0.4, 0.5) is 10.2 Å². The normalized spacial score (nSPS) is 10.2. The van der Waals surface area contributed by atoms with E-state index in [0.29, 0.717) is 6.54 Å². The lowest BCUT2D eigenvalue weighted by molar-refractivity contribution is 0.0692. The van der Waals surface area contributed by atoms with Gasteiger partial charge in [-0.25, -0.2) is 14.2 Å². The molecule has 2 aromatic rings. The highest BCUT2D eigenvalue weighted by Crippen LogP contribution is 2.17. The van der Waals surface area contributed by atoms with Gasteiger partial charge in [0.05, 0.1) is 0 Å². The van der Waals surface area contributed by atoms with Crippen LogP contribution < -0.4 is 5.32 Å². The molecule has 98 valence electrons. The van der Waals surface area contributed by atoms with Crippen LogP contribution in [-0.4, -0.2) is 16.1 Å². The van der Waals surface area contributed by atoms with Gasteiger partial charge in [0.15, 0.2) is 11.6 Å². The molecule has 0 aliphatic rings. The molecule has 0 saturated heterocycles. The second-order valence-corrected chi connectivity index (χ2v) is 4.73. The number of aromatic carboxylic acids is 1. The first kappa shape index (κ1) is 13.5. The van der Waals surface area contributed by atoms with Gasteiger partial charge in [0.1, 0.15) is 5.56 Å². The number of rotatable bonds is 4. The predicted octanol–water partition coefficient (Wildman–Crippen LogP) is 3.29. The predicted molar refractivity (Wildman–Crippen MR) is 72.6 cm³/mol. The second kappa shape index (κ2) is 5.79. The number of carbonyl (C=O) groups is 1. The van der Waals surface area contributed by atoms with E-state index in [1.54, 1.807) is 0 Å². The van der Waals surface area contributed by atoms with E-state index in [1.807, 2.05) is 24.3 Å². The van der Waals surface area contributed by atoms with E-state index < -0.39 is 17.3 Å². The monoisotopic (exact) mass is 324 g/mol. The lowest BCUT2D eigenvalue weighted by Crippen LogP contribution is -2.08. The first-order valence-corrected chi connectivity index (χ1v) is 6.23. The third-order valence-electron chi connectivity index (χ3n) is 2.47. The summed E-state index contributed by atoms with van der Waals surface area (Å²) in [5.41, 5.74) is 0.531. The molecule has 19 heavy (non-hydrogen) atoms. The highest BCUT2D eigenvalue weighted by molar-refractivity contribution is 9.10. The summed E-state index contributed by atoms with van der Waals surface area (Å²) < 4.78 is 14.7. The SMILES string of the molecule is O=C(O)c1ccnc(NCc2cccc(Br)c2)c1F. The summed E-state index contributed by atoms with van der Waals surface area (Å²) in [4.78, 5) is 14.6. The van der Waals surface area contributed by atoms with Gasteiger partial charge in [-0.1, -0.05) is 28.1 Å². The number of hydrogen-bond donors (Lipinski definition) is 2. The summed E-state index contributed by atoms with van der Waals surface area (Å²) in [5.74, 6) is -2.24. The standard InChI is InChI=1S/C13H10BrFN2O2/c14-9-3-1-2-8(6-9)7-17-12-11(15)10(13(18)19)4-5-16-12/h1-6H,7H2,(H,16,17)(H,18,19). The zero-order valence-electron chi connectivity index (χ0n) is 9.73. The quantitative estimate of drug-likeness (QED) is 0.905. The maximum atomic E-state index is 13.8. The minimum atomic E-state index is -1.31. The van der Waals surface area contributed by atoms with Crippen molar-refractivity contribution < 1.29 is 14.3 Å². The Bertz CT molecular complexity index is 619. The van der Waals surface area contributed by atoms with Crippen LogP contribution in [0.5, 0.6) is 0 Å². The fraction of sp³-hybridized carbons (Fsp3) is 0.0769. The van der Waals surface area contributed by atoms with E-state index in [9.17, 15) is 9.18 Å². The molecule has 0 amide bonds. The summed E-state index contributed by atoms with van der Waals surface area (Å²) >= 11 is 3.34.